The molecule has 0 bridgehead atoms. The lowest BCUT2D eigenvalue weighted by atomic mass is 9.91. The van der Waals surface area contributed by atoms with E-state index in [4.69, 9.17) is 10.5 Å². The Morgan fingerprint density at radius 1 is 1.50 bits per heavy atom. The molecule has 0 radical (unpaired) electrons. The third kappa shape index (κ3) is 2.03. The van der Waals surface area contributed by atoms with Crippen LogP contribution < -0.4 is 15.8 Å². The fraction of sp³-hybridized carbons (Fsp3) is 0.214. The number of nitrogens with one attached hydrogen (secondary N) is 1. The molecule has 0 saturated heterocycles. The van der Waals surface area contributed by atoms with Crippen molar-refractivity contribution in [1.29, 1.82) is 0 Å². The molecule has 1 amide bonds. The molecule has 1 unspecified atom stereocenters. The smallest absolute Gasteiger partial charge is 0.246 e. The Kier molecular flexibility index (Phi) is 3.11. The number of fused-ring (bicyclic) bond motifs is 1. The fourth-order valence-corrected chi connectivity index (χ4v) is 2.98. The van der Waals surface area contributed by atoms with Crippen LogP contribution in [0.2, 0.25) is 0 Å². The second kappa shape index (κ2) is 4.81. The summed E-state index contributed by atoms with van der Waals surface area (Å²) < 4.78 is 5.51. The van der Waals surface area contributed by atoms with E-state index in [0.717, 1.165) is 4.88 Å². The van der Waals surface area contributed by atoms with Crippen molar-refractivity contribution in [3.63, 3.8) is 0 Å². The van der Waals surface area contributed by atoms with Gasteiger partial charge in [0.25, 0.3) is 0 Å². The first-order valence-corrected chi connectivity index (χ1v) is 7.03. The summed E-state index contributed by atoms with van der Waals surface area (Å²) in [6.45, 7) is 0.663. The second-order valence-electron chi connectivity index (χ2n) is 4.67. The number of aromatic hydroxyl groups is 1. The Morgan fingerprint density at radius 3 is 3.05 bits per heavy atom. The molecule has 3 rings (SSSR count). The number of benzene rings is 1. The monoisotopic (exact) mass is 290 g/mol. The molecule has 1 aromatic carbocycles. The van der Waals surface area contributed by atoms with E-state index in [9.17, 15) is 9.90 Å². The Balaban J connectivity index is 1.93. The average molecular weight is 290 g/mol. The highest BCUT2D eigenvalue weighted by molar-refractivity contribution is 7.09. The van der Waals surface area contributed by atoms with E-state index in [0.29, 0.717) is 17.9 Å². The van der Waals surface area contributed by atoms with Gasteiger partial charge in [0, 0.05) is 23.1 Å². The molecule has 1 atom stereocenters. The molecule has 6 heteroatoms. The summed E-state index contributed by atoms with van der Waals surface area (Å²) in [5.41, 5.74) is 5.20. The van der Waals surface area contributed by atoms with Gasteiger partial charge in [0.2, 0.25) is 5.91 Å². The minimum Gasteiger partial charge on any atom is -0.508 e. The van der Waals surface area contributed by atoms with Crippen LogP contribution in [0.25, 0.3) is 0 Å². The SMILES string of the molecule is NC(=O)C1(NCc2cccs2)COc2cc(O)ccc21. The molecular weight excluding hydrogens is 276 g/mol. The molecule has 2 heterocycles. The number of nitrogens with two attached hydrogens (primary N) is 1. The highest BCUT2D eigenvalue weighted by Gasteiger charge is 2.46. The Labute approximate surface area is 120 Å². The number of phenolic OH excluding ortho intramolecular Hbond substituents is 1. The number of thiophene rings is 1. The number of phenols is 1. The van der Waals surface area contributed by atoms with Gasteiger partial charge in [-0.3, -0.25) is 10.1 Å². The third-order valence-corrected chi connectivity index (χ3v) is 4.31. The summed E-state index contributed by atoms with van der Waals surface area (Å²) in [5, 5.41) is 14.6. The minimum atomic E-state index is -1.05. The van der Waals surface area contributed by atoms with E-state index in [1.165, 1.54) is 12.1 Å². The first-order valence-electron chi connectivity index (χ1n) is 6.15. The first kappa shape index (κ1) is 13.0. The van der Waals surface area contributed by atoms with Gasteiger partial charge in [-0.2, -0.15) is 0 Å². The van der Waals surface area contributed by atoms with Crippen LogP contribution in [0.15, 0.2) is 35.7 Å². The van der Waals surface area contributed by atoms with Crippen LogP contribution in [0.1, 0.15) is 10.4 Å². The lowest BCUT2D eigenvalue weighted by Gasteiger charge is -2.25. The predicted octanol–water partition coefficient (Wildman–Crippen LogP) is 1.32. The molecule has 0 fully saturated rings. The zero-order valence-corrected chi connectivity index (χ0v) is 11.4. The van der Waals surface area contributed by atoms with Crippen LogP contribution >= 0.6 is 11.3 Å². The molecule has 1 aliphatic rings. The quantitative estimate of drug-likeness (QED) is 0.793. The molecule has 0 saturated carbocycles. The van der Waals surface area contributed by atoms with Gasteiger partial charge in [-0.15, -0.1) is 11.3 Å². The van der Waals surface area contributed by atoms with Crippen LogP contribution in [-0.4, -0.2) is 17.6 Å². The molecule has 5 nitrogen and oxygen atoms in total. The van der Waals surface area contributed by atoms with Crippen LogP contribution in [-0.2, 0) is 16.9 Å². The van der Waals surface area contributed by atoms with E-state index in [-0.39, 0.29) is 12.4 Å². The molecule has 0 aliphatic carbocycles. The van der Waals surface area contributed by atoms with Gasteiger partial charge in [-0.25, -0.2) is 0 Å². The summed E-state index contributed by atoms with van der Waals surface area (Å²) in [6.07, 6.45) is 0. The summed E-state index contributed by atoms with van der Waals surface area (Å²) in [4.78, 5) is 13.1. The van der Waals surface area contributed by atoms with Gasteiger partial charge < -0.3 is 15.6 Å². The minimum absolute atomic E-state index is 0.0993. The van der Waals surface area contributed by atoms with Crippen LogP contribution in [0.3, 0.4) is 0 Å². The second-order valence-corrected chi connectivity index (χ2v) is 5.70. The number of amides is 1. The molecule has 104 valence electrons. The summed E-state index contributed by atoms with van der Waals surface area (Å²) >= 11 is 1.61. The van der Waals surface area contributed by atoms with Crippen LogP contribution in [0, 0.1) is 0 Å². The van der Waals surface area contributed by atoms with E-state index in [2.05, 4.69) is 5.32 Å². The summed E-state index contributed by atoms with van der Waals surface area (Å²) in [7, 11) is 0. The zero-order chi connectivity index (χ0) is 14.2. The number of carbonyl (C=O) groups excluding carboxylic acids is 1. The molecule has 2 aromatic rings. The Hall–Kier alpha value is -2.05. The Bertz CT molecular complexity index is 642. The molecule has 4 N–H and O–H groups in total. The van der Waals surface area contributed by atoms with E-state index >= 15 is 0 Å². The third-order valence-electron chi connectivity index (χ3n) is 3.43. The van der Waals surface area contributed by atoms with Gasteiger partial charge >= 0.3 is 0 Å². The number of rotatable bonds is 4. The van der Waals surface area contributed by atoms with Crippen LogP contribution in [0.4, 0.5) is 0 Å². The highest BCUT2D eigenvalue weighted by atomic mass is 32.1. The van der Waals surface area contributed by atoms with Crippen LogP contribution in [0.5, 0.6) is 11.5 Å². The van der Waals surface area contributed by atoms with Gasteiger partial charge in [-0.1, -0.05) is 6.07 Å². The maximum atomic E-state index is 12.0. The zero-order valence-electron chi connectivity index (χ0n) is 10.6. The number of ether oxygens (including phenoxy) is 1. The fourth-order valence-electron chi connectivity index (χ4n) is 2.34. The van der Waals surface area contributed by atoms with Crippen molar-refractivity contribution in [2.24, 2.45) is 5.73 Å². The van der Waals surface area contributed by atoms with Crippen molar-refractivity contribution in [1.82, 2.24) is 5.32 Å². The summed E-state index contributed by atoms with van der Waals surface area (Å²) in [6, 6.07) is 8.63. The molecule has 20 heavy (non-hydrogen) atoms. The lowest BCUT2D eigenvalue weighted by Crippen LogP contribution is -2.53. The predicted molar refractivity (Wildman–Crippen MR) is 75.6 cm³/mol. The molecular formula is C14H14N2O3S. The van der Waals surface area contributed by atoms with Gasteiger partial charge in [-0.05, 0) is 23.6 Å². The van der Waals surface area contributed by atoms with Crippen molar-refractivity contribution in [2.45, 2.75) is 12.1 Å². The van der Waals surface area contributed by atoms with Crippen molar-refractivity contribution in [2.75, 3.05) is 6.61 Å². The van der Waals surface area contributed by atoms with Gasteiger partial charge in [0.1, 0.15) is 18.1 Å². The molecule has 0 spiro atoms. The maximum Gasteiger partial charge on any atom is 0.246 e. The van der Waals surface area contributed by atoms with E-state index in [1.807, 2.05) is 17.5 Å². The number of hydrogen-bond donors (Lipinski definition) is 3. The van der Waals surface area contributed by atoms with Crippen molar-refractivity contribution in [3.8, 4) is 11.5 Å². The number of carbonyl (C=O) groups is 1. The van der Waals surface area contributed by atoms with Gasteiger partial charge in [0.05, 0.1) is 0 Å². The summed E-state index contributed by atoms with van der Waals surface area (Å²) in [5.74, 6) is 0.100. The maximum absolute atomic E-state index is 12.0. The normalized spacial score (nSPS) is 20.4. The Morgan fingerprint density at radius 2 is 2.35 bits per heavy atom. The van der Waals surface area contributed by atoms with Gasteiger partial charge in [0.15, 0.2) is 5.54 Å². The highest BCUT2D eigenvalue weighted by Crippen LogP contribution is 2.39. The molecule has 1 aliphatic heterocycles. The topological polar surface area (TPSA) is 84.6 Å². The number of primary amides is 1. The largest absolute Gasteiger partial charge is 0.508 e. The standard InChI is InChI=1S/C14H14N2O3S/c15-13(18)14(16-7-10-2-1-5-20-10)8-19-12-6-9(17)3-4-11(12)14/h1-6,16-17H,7-8H2,(H2,15,18). The average Bonchev–Trinajstić information content (AvgIpc) is 3.03. The van der Waals surface area contributed by atoms with E-state index < -0.39 is 11.4 Å². The number of hydrogen-bond acceptors (Lipinski definition) is 5. The van der Waals surface area contributed by atoms with Crippen molar-refractivity contribution < 1.29 is 14.6 Å². The van der Waals surface area contributed by atoms with Crippen molar-refractivity contribution in [3.05, 3.63) is 46.2 Å². The first-order chi connectivity index (χ1) is 9.62. The lowest BCUT2D eigenvalue weighted by molar-refractivity contribution is -0.125. The van der Waals surface area contributed by atoms with E-state index in [1.54, 1.807) is 17.4 Å². The van der Waals surface area contributed by atoms with Crippen molar-refractivity contribution >= 4 is 17.2 Å². The molecule has 1 aromatic heterocycles.